The fourth-order valence-electron chi connectivity index (χ4n) is 2.06. The van der Waals surface area contributed by atoms with Gasteiger partial charge in [0.25, 0.3) is 5.91 Å². The van der Waals surface area contributed by atoms with Crippen LogP contribution in [0, 0.1) is 5.41 Å². The smallest absolute Gasteiger partial charge is 0.252 e. The summed E-state index contributed by atoms with van der Waals surface area (Å²) in [4.78, 5) is 11.4. The van der Waals surface area contributed by atoms with Gasteiger partial charge >= 0.3 is 0 Å². The highest BCUT2D eigenvalue weighted by Crippen LogP contribution is 2.20. The Morgan fingerprint density at radius 2 is 2.13 bits per heavy atom. The number of benzene rings is 1. The van der Waals surface area contributed by atoms with Gasteiger partial charge in [0.2, 0.25) is 0 Å². The summed E-state index contributed by atoms with van der Waals surface area (Å²) in [7, 11) is 0. The third-order valence-corrected chi connectivity index (χ3v) is 4.62. The van der Waals surface area contributed by atoms with Crippen molar-refractivity contribution >= 4 is 44.5 Å². The summed E-state index contributed by atoms with van der Waals surface area (Å²) in [5, 5.41) is 8.34. The van der Waals surface area contributed by atoms with Crippen molar-refractivity contribution in [2.45, 2.75) is 12.3 Å². The van der Waals surface area contributed by atoms with E-state index in [9.17, 15) is 9.00 Å². The van der Waals surface area contributed by atoms with E-state index in [0.717, 1.165) is 5.56 Å². The minimum absolute atomic E-state index is 0.0285. The molecular weight excluding hydrogens is 406 g/mol. The number of nitrogens with one attached hydrogen (secondary N) is 1. The number of carbonyl (C=O) groups is 1. The molecule has 2 aromatic rings. The number of pyridine rings is 1. The number of nitrogens with zero attached hydrogens (tertiary/aromatic N) is 1. The number of hydrogen-bond acceptors (Lipinski definition) is 3. The second kappa shape index (κ2) is 7.39. The Morgan fingerprint density at radius 1 is 1.43 bits per heavy atom. The zero-order valence-corrected chi connectivity index (χ0v) is 14.9. The van der Waals surface area contributed by atoms with E-state index < -0.39 is 17.0 Å². The van der Waals surface area contributed by atoms with Gasteiger partial charge in [-0.25, -0.2) is 4.21 Å². The van der Waals surface area contributed by atoms with E-state index in [4.69, 9.17) is 27.3 Å². The second-order valence-electron chi connectivity index (χ2n) is 4.80. The van der Waals surface area contributed by atoms with Crippen LogP contribution in [0.4, 0.5) is 0 Å². The Labute approximate surface area is 148 Å². The Bertz CT molecular complexity index is 854. The van der Waals surface area contributed by atoms with Gasteiger partial charge in [-0.1, -0.05) is 39.7 Å². The lowest BCUT2D eigenvalue weighted by molar-refractivity contribution is 0.0997. The molecule has 9 heteroatoms. The third-order valence-electron chi connectivity index (χ3n) is 3.12. The highest BCUT2D eigenvalue weighted by molar-refractivity contribution is 9.10. The standard InChI is InChI=1S/C14H13BrClN3O3S/c15-12-3-8(1-2-9(12)7-23(21)22)5-19-6-10(16)4-11(13(19)17)14(18)20/h1-4,6,17H,5,7H2,(H2,18,20)(H,21,22). The molecule has 0 saturated carbocycles. The fraction of sp³-hybridized carbons (Fsp3) is 0.143. The largest absolute Gasteiger partial charge is 0.365 e. The van der Waals surface area contributed by atoms with Crippen LogP contribution in [0.5, 0.6) is 0 Å². The molecule has 1 amide bonds. The van der Waals surface area contributed by atoms with Crippen molar-refractivity contribution in [2.24, 2.45) is 5.73 Å². The van der Waals surface area contributed by atoms with E-state index >= 15 is 0 Å². The molecule has 1 unspecified atom stereocenters. The van der Waals surface area contributed by atoms with E-state index in [1.165, 1.54) is 10.6 Å². The second-order valence-corrected chi connectivity index (χ2v) is 7.03. The molecule has 0 fully saturated rings. The first-order chi connectivity index (χ1) is 10.8. The van der Waals surface area contributed by atoms with E-state index in [-0.39, 0.29) is 16.8 Å². The maximum Gasteiger partial charge on any atom is 0.252 e. The molecule has 0 saturated heterocycles. The third kappa shape index (κ3) is 4.51. The maximum atomic E-state index is 11.4. The van der Waals surface area contributed by atoms with Gasteiger partial charge in [0.1, 0.15) is 5.49 Å². The summed E-state index contributed by atoms with van der Waals surface area (Å²) >= 11 is 7.40. The van der Waals surface area contributed by atoms with Crippen molar-refractivity contribution in [1.29, 1.82) is 5.41 Å². The maximum absolute atomic E-state index is 11.4. The summed E-state index contributed by atoms with van der Waals surface area (Å²) in [6.45, 7) is 0.306. The van der Waals surface area contributed by atoms with Crippen molar-refractivity contribution in [3.8, 4) is 0 Å². The van der Waals surface area contributed by atoms with E-state index in [2.05, 4.69) is 15.9 Å². The number of halogens is 2. The summed E-state index contributed by atoms with van der Waals surface area (Å²) in [6, 6.07) is 6.67. The van der Waals surface area contributed by atoms with Gasteiger partial charge < -0.3 is 14.9 Å². The van der Waals surface area contributed by atoms with Crippen LogP contribution in [0.1, 0.15) is 21.5 Å². The quantitative estimate of drug-likeness (QED) is 0.648. The van der Waals surface area contributed by atoms with Crippen molar-refractivity contribution in [1.82, 2.24) is 4.57 Å². The molecule has 122 valence electrons. The molecular formula is C14H13BrClN3O3S. The average molecular weight is 419 g/mol. The first-order valence-corrected chi connectivity index (χ1v) is 8.81. The van der Waals surface area contributed by atoms with Crippen LogP contribution in [0.15, 0.2) is 34.9 Å². The van der Waals surface area contributed by atoms with E-state index in [0.29, 0.717) is 21.6 Å². The highest BCUT2D eigenvalue weighted by atomic mass is 79.9. The normalized spacial score (nSPS) is 12.1. The summed E-state index contributed by atoms with van der Waals surface area (Å²) < 4.78 is 22.0. The molecule has 1 atom stereocenters. The lowest BCUT2D eigenvalue weighted by Crippen LogP contribution is -2.29. The number of nitrogens with two attached hydrogens (primary N) is 1. The van der Waals surface area contributed by atoms with Crippen molar-refractivity contribution in [3.63, 3.8) is 0 Å². The number of carbonyl (C=O) groups excluding carboxylic acids is 1. The van der Waals surface area contributed by atoms with Crippen molar-refractivity contribution in [3.05, 3.63) is 62.1 Å². The number of amides is 1. The van der Waals surface area contributed by atoms with Crippen LogP contribution in [-0.2, 0) is 23.4 Å². The first kappa shape index (κ1) is 17.9. The van der Waals surface area contributed by atoms with Gasteiger partial charge in [-0.3, -0.25) is 10.2 Å². The Morgan fingerprint density at radius 3 is 2.70 bits per heavy atom. The predicted molar refractivity (Wildman–Crippen MR) is 91.5 cm³/mol. The van der Waals surface area contributed by atoms with Crippen molar-refractivity contribution < 1.29 is 13.6 Å². The van der Waals surface area contributed by atoms with E-state index in [1.807, 2.05) is 0 Å². The molecule has 2 rings (SSSR count). The molecule has 0 bridgehead atoms. The highest BCUT2D eigenvalue weighted by Gasteiger charge is 2.10. The fourth-order valence-corrected chi connectivity index (χ4v) is 3.56. The van der Waals surface area contributed by atoms with Crippen LogP contribution >= 0.6 is 27.5 Å². The van der Waals surface area contributed by atoms with Crippen molar-refractivity contribution in [2.75, 3.05) is 0 Å². The molecule has 0 radical (unpaired) electrons. The van der Waals surface area contributed by atoms with Gasteiger partial charge in [0.15, 0.2) is 11.1 Å². The number of hydrogen-bond donors (Lipinski definition) is 3. The summed E-state index contributed by atoms with van der Waals surface area (Å²) in [5.74, 6) is -0.686. The molecule has 4 N–H and O–H groups in total. The number of primary amides is 1. The molecule has 0 aliphatic carbocycles. The van der Waals surface area contributed by atoms with Gasteiger partial charge in [-0.05, 0) is 23.3 Å². The minimum atomic E-state index is -1.92. The van der Waals surface area contributed by atoms with Gasteiger partial charge in [0.05, 0.1) is 16.3 Å². The zero-order chi connectivity index (χ0) is 17.1. The number of aromatic nitrogens is 1. The molecule has 0 aliphatic heterocycles. The lowest BCUT2D eigenvalue weighted by atomic mass is 10.1. The molecule has 0 spiro atoms. The molecule has 0 aliphatic rings. The van der Waals surface area contributed by atoms with Gasteiger partial charge in [-0.2, -0.15) is 0 Å². The Kier molecular flexibility index (Phi) is 5.74. The summed E-state index contributed by atoms with van der Waals surface area (Å²) in [5.41, 5.74) is 6.80. The molecule has 6 nitrogen and oxygen atoms in total. The topological polar surface area (TPSA) is 109 Å². The first-order valence-electron chi connectivity index (χ1n) is 6.37. The number of rotatable bonds is 5. The minimum Gasteiger partial charge on any atom is -0.365 e. The van der Waals surface area contributed by atoms with E-state index in [1.54, 1.807) is 24.4 Å². The average Bonchev–Trinajstić information content (AvgIpc) is 2.44. The summed E-state index contributed by atoms with van der Waals surface area (Å²) in [6.07, 6.45) is 1.54. The molecule has 1 aromatic heterocycles. The van der Waals surface area contributed by atoms with Crippen LogP contribution in [-0.4, -0.2) is 19.2 Å². The molecule has 23 heavy (non-hydrogen) atoms. The van der Waals surface area contributed by atoms with Gasteiger partial charge in [-0.15, -0.1) is 0 Å². The van der Waals surface area contributed by atoms with Crippen LogP contribution < -0.4 is 11.2 Å². The zero-order valence-electron chi connectivity index (χ0n) is 11.8. The SMILES string of the molecule is N=c1c(C(N)=O)cc(Cl)cn1Cc1ccc(CS(=O)O)c(Br)c1. The predicted octanol–water partition coefficient (Wildman–Crippen LogP) is 2.25. The molecule has 1 aromatic carbocycles. The van der Waals surface area contributed by atoms with Gasteiger partial charge in [0, 0.05) is 17.2 Å². The Balaban J connectivity index is 2.36. The van der Waals surface area contributed by atoms with Crippen LogP contribution in [0.2, 0.25) is 5.02 Å². The molecule has 1 heterocycles. The lowest BCUT2D eigenvalue weighted by Gasteiger charge is -2.11. The van der Waals surface area contributed by atoms with Crippen LogP contribution in [0.25, 0.3) is 0 Å². The Hall–Kier alpha value is -1.48. The monoisotopic (exact) mass is 417 g/mol. The van der Waals surface area contributed by atoms with Crippen LogP contribution in [0.3, 0.4) is 0 Å².